The quantitative estimate of drug-likeness (QED) is 0.461. The molecule has 2 aromatic rings. The van der Waals surface area contributed by atoms with E-state index < -0.39 is 34.7 Å². The smallest absolute Gasteiger partial charge is 0.348 e. The Labute approximate surface area is 153 Å². The maximum absolute atomic E-state index is 12.9. The molecular weight excluding hydrogens is 356 g/mol. The number of aliphatic carboxylic acids is 2. The van der Waals surface area contributed by atoms with E-state index >= 15 is 0 Å². The third kappa shape index (κ3) is 3.01. The Bertz CT molecular complexity index is 877. The third-order valence-electron chi connectivity index (χ3n) is 4.15. The highest BCUT2D eigenvalue weighted by atomic mass is 16.5. The van der Waals surface area contributed by atoms with E-state index in [1.54, 1.807) is 6.07 Å². The number of ketones is 2. The molecule has 0 spiro atoms. The second-order valence-corrected chi connectivity index (χ2v) is 5.60. The number of carboxylic acid groups (broad SMARTS) is 2. The van der Waals surface area contributed by atoms with Crippen molar-refractivity contribution in [3.63, 3.8) is 0 Å². The maximum Gasteiger partial charge on any atom is 0.348 e. The molecule has 0 bridgehead atoms. The highest BCUT2D eigenvalue weighted by Gasteiger charge is 2.71. The molecule has 0 heterocycles. The van der Waals surface area contributed by atoms with Crippen LogP contribution in [0.5, 0.6) is 0 Å². The fourth-order valence-electron chi connectivity index (χ4n) is 2.74. The van der Waals surface area contributed by atoms with Crippen molar-refractivity contribution in [3.05, 3.63) is 71.8 Å². The van der Waals surface area contributed by atoms with Gasteiger partial charge in [0, 0.05) is 18.2 Å². The van der Waals surface area contributed by atoms with Crippen LogP contribution in [0.1, 0.15) is 20.7 Å². The summed E-state index contributed by atoms with van der Waals surface area (Å²) in [7, 11) is 0.737. The molecule has 0 aliphatic rings. The van der Waals surface area contributed by atoms with E-state index in [1.165, 1.54) is 54.6 Å². The Morgan fingerprint density at radius 1 is 0.741 bits per heavy atom. The molecule has 0 aliphatic heterocycles. The molecule has 2 atom stereocenters. The van der Waals surface area contributed by atoms with Crippen molar-refractivity contribution in [2.45, 2.75) is 11.2 Å². The highest BCUT2D eigenvalue weighted by molar-refractivity contribution is 6.28. The number of Topliss-reactive ketones (excluding diaryl/α,β-unsaturated/α-hetero) is 2. The van der Waals surface area contributed by atoms with E-state index in [4.69, 9.17) is 4.74 Å². The lowest BCUT2D eigenvalue weighted by Gasteiger charge is -2.37. The number of benzene rings is 2. The van der Waals surface area contributed by atoms with Crippen LogP contribution in [0.25, 0.3) is 0 Å². The molecule has 27 heavy (non-hydrogen) atoms. The lowest BCUT2D eigenvalue weighted by Crippen LogP contribution is -2.72. The van der Waals surface area contributed by atoms with Crippen LogP contribution in [0.3, 0.4) is 0 Å². The molecule has 0 amide bonds. The van der Waals surface area contributed by atoms with Gasteiger partial charge in [-0.25, -0.2) is 9.59 Å². The zero-order valence-electron chi connectivity index (χ0n) is 14.2. The SMILES string of the molecule is COC(C(=O)O)(C(=O)c1ccccc1)C(O)(C(=O)O)C(=O)c1ccccc1. The first-order valence-corrected chi connectivity index (χ1v) is 7.67. The van der Waals surface area contributed by atoms with Crippen LogP contribution in [0.4, 0.5) is 0 Å². The summed E-state index contributed by atoms with van der Waals surface area (Å²) in [5.41, 5.74) is -7.68. The molecule has 8 nitrogen and oxygen atoms in total. The summed E-state index contributed by atoms with van der Waals surface area (Å²) in [6, 6.07) is 13.5. The summed E-state index contributed by atoms with van der Waals surface area (Å²) in [5, 5.41) is 30.2. The Morgan fingerprint density at radius 2 is 1.15 bits per heavy atom. The molecule has 2 rings (SSSR count). The zero-order chi connectivity index (χ0) is 20.2. The van der Waals surface area contributed by atoms with Crippen molar-refractivity contribution in [3.8, 4) is 0 Å². The molecule has 3 N–H and O–H groups in total. The first-order chi connectivity index (χ1) is 12.7. The van der Waals surface area contributed by atoms with Gasteiger partial charge in [0.1, 0.15) is 0 Å². The number of methoxy groups -OCH3 is 1. The Balaban J connectivity index is 2.78. The van der Waals surface area contributed by atoms with Crippen LogP contribution in [0, 0.1) is 0 Å². The fraction of sp³-hybridized carbons (Fsp3) is 0.158. The van der Waals surface area contributed by atoms with Crippen LogP contribution >= 0.6 is 0 Å². The van der Waals surface area contributed by atoms with Gasteiger partial charge in [-0.1, -0.05) is 60.7 Å². The van der Waals surface area contributed by atoms with Gasteiger partial charge in [-0.05, 0) is 0 Å². The minimum atomic E-state index is -3.72. The van der Waals surface area contributed by atoms with Crippen LogP contribution in [-0.2, 0) is 14.3 Å². The molecule has 0 saturated heterocycles. The number of ether oxygens (including phenoxy) is 1. The second kappa shape index (κ2) is 7.48. The molecular formula is C19H16O8. The fourth-order valence-corrected chi connectivity index (χ4v) is 2.74. The number of rotatable bonds is 8. The molecule has 0 saturated carbocycles. The maximum atomic E-state index is 12.9. The summed E-state index contributed by atoms with van der Waals surface area (Å²) in [5.74, 6) is -7.23. The number of hydrogen-bond donors (Lipinski definition) is 3. The predicted molar refractivity (Wildman–Crippen MR) is 91.5 cm³/mol. The lowest BCUT2D eigenvalue weighted by molar-refractivity contribution is -0.191. The molecule has 140 valence electrons. The van der Waals surface area contributed by atoms with E-state index in [9.17, 15) is 34.5 Å². The lowest BCUT2D eigenvalue weighted by atomic mass is 9.72. The molecule has 0 radical (unpaired) electrons. The van der Waals surface area contributed by atoms with Crippen molar-refractivity contribution in [2.24, 2.45) is 0 Å². The van der Waals surface area contributed by atoms with Gasteiger partial charge in [0.2, 0.25) is 11.6 Å². The van der Waals surface area contributed by atoms with Gasteiger partial charge in [0.15, 0.2) is 0 Å². The highest BCUT2D eigenvalue weighted by Crippen LogP contribution is 2.34. The predicted octanol–water partition coefficient (Wildman–Crippen LogP) is 1.04. The average molecular weight is 372 g/mol. The number of hydrogen-bond acceptors (Lipinski definition) is 6. The summed E-state index contributed by atoms with van der Waals surface area (Å²) >= 11 is 0. The molecule has 8 heteroatoms. The van der Waals surface area contributed by atoms with Crippen molar-refractivity contribution >= 4 is 23.5 Å². The van der Waals surface area contributed by atoms with Gasteiger partial charge in [0.05, 0.1) is 0 Å². The van der Waals surface area contributed by atoms with Crippen molar-refractivity contribution in [1.82, 2.24) is 0 Å². The van der Waals surface area contributed by atoms with E-state index in [0.717, 1.165) is 7.11 Å². The number of carbonyl (C=O) groups is 4. The molecule has 2 aromatic carbocycles. The normalized spacial score (nSPS) is 15.2. The van der Waals surface area contributed by atoms with E-state index in [2.05, 4.69) is 0 Å². The minimum absolute atomic E-state index is 0.248. The number of aliphatic hydroxyl groups is 1. The van der Waals surface area contributed by atoms with Crippen LogP contribution < -0.4 is 0 Å². The first-order valence-electron chi connectivity index (χ1n) is 7.67. The second-order valence-electron chi connectivity index (χ2n) is 5.60. The van der Waals surface area contributed by atoms with Gasteiger partial charge < -0.3 is 20.1 Å². The Kier molecular flexibility index (Phi) is 5.53. The standard InChI is InChI=1S/C19H16O8/c1-27-19(17(24)25,15(21)13-10-6-3-7-11-13)18(26,16(22)23)14(20)12-8-4-2-5-9-12/h2-11,26H,1H3,(H,22,23)(H,24,25). The largest absolute Gasteiger partial charge is 0.479 e. The third-order valence-corrected chi connectivity index (χ3v) is 4.15. The van der Waals surface area contributed by atoms with Gasteiger partial charge >= 0.3 is 11.9 Å². The monoisotopic (exact) mass is 372 g/mol. The molecule has 0 aromatic heterocycles. The van der Waals surface area contributed by atoms with Crippen LogP contribution in [0.2, 0.25) is 0 Å². The van der Waals surface area contributed by atoms with Gasteiger partial charge in [-0.15, -0.1) is 0 Å². The van der Waals surface area contributed by atoms with E-state index in [1.807, 2.05) is 0 Å². The number of carbonyl (C=O) groups excluding carboxylic acids is 2. The first kappa shape index (κ1) is 20.0. The summed E-state index contributed by atoms with van der Waals surface area (Å²) in [6.45, 7) is 0. The zero-order valence-corrected chi connectivity index (χ0v) is 14.2. The van der Waals surface area contributed by atoms with Crippen LogP contribution in [0.15, 0.2) is 60.7 Å². The van der Waals surface area contributed by atoms with Crippen LogP contribution in [-0.4, -0.2) is 57.1 Å². The van der Waals surface area contributed by atoms with E-state index in [-0.39, 0.29) is 11.1 Å². The Hall–Kier alpha value is -3.36. The number of carboxylic acids is 2. The van der Waals surface area contributed by atoms with Gasteiger partial charge in [0.25, 0.3) is 11.2 Å². The van der Waals surface area contributed by atoms with Crippen molar-refractivity contribution < 1.29 is 39.2 Å². The molecule has 0 aliphatic carbocycles. The molecule has 2 unspecified atom stereocenters. The summed E-state index contributed by atoms with van der Waals surface area (Å²) in [6.07, 6.45) is 0. The van der Waals surface area contributed by atoms with Gasteiger partial charge in [-0.2, -0.15) is 0 Å². The van der Waals surface area contributed by atoms with Crippen molar-refractivity contribution in [1.29, 1.82) is 0 Å². The molecule has 0 fully saturated rings. The minimum Gasteiger partial charge on any atom is -0.479 e. The van der Waals surface area contributed by atoms with Crippen molar-refractivity contribution in [2.75, 3.05) is 7.11 Å². The Morgan fingerprint density at radius 3 is 1.48 bits per heavy atom. The summed E-state index contributed by atoms with van der Waals surface area (Å²) < 4.78 is 4.78. The van der Waals surface area contributed by atoms with Gasteiger partial charge in [-0.3, -0.25) is 9.59 Å². The topological polar surface area (TPSA) is 138 Å². The summed E-state index contributed by atoms with van der Waals surface area (Å²) in [4.78, 5) is 49.7. The average Bonchev–Trinajstić information content (AvgIpc) is 2.68. The van der Waals surface area contributed by atoms with E-state index in [0.29, 0.717) is 0 Å².